The highest BCUT2D eigenvalue weighted by Gasteiger charge is 2.15. The number of nitrogens with two attached hydrogens (primary N) is 1. The molecule has 210 valence electrons. The predicted molar refractivity (Wildman–Crippen MR) is 166 cm³/mol. The summed E-state index contributed by atoms with van der Waals surface area (Å²) in [7, 11) is 0. The van der Waals surface area contributed by atoms with Gasteiger partial charge in [-0.25, -0.2) is 0 Å². The van der Waals surface area contributed by atoms with Gasteiger partial charge in [-0.2, -0.15) is 0 Å². The molecule has 4 aromatic rings. The number of aliphatic hydroxyl groups is 1. The highest BCUT2D eigenvalue weighted by Crippen LogP contribution is 2.34. The van der Waals surface area contributed by atoms with E-state index in [9.17, 15) is 5.11 Å². The van der Waals surface area contributed by atoms with Crippen LogP contribution in [0, 0.1) is 13.8 Å². The molecule has 0 bridgehead atoms. The van der Waals surface area contributed by atoms with E-state index in [1.807, 2.05) is 31.2 Å². The molecular weight excluding hydrogens is 541 g/mol. The number of ether oxygens (including phenoxy) is 2. The second kappa shape index (κ2) is 14.6. The van der Waals surface area contributed by atoms with Crippen molar-refractivity contribution in [3.8, 4) is 22.6 Å². The van der Waals surface area contributed by atoms with Gasteiger partial charge in [0.1, 0.15) is 19.0 Å². The maximum atomic E-state index is 9.27. The summed E-state index contributed by atoms with van der Waals surface area (Å²) in [4.78, 5) is 0. The zero-order chi connectivity index (χ0) is 28.5. The second-order valence-corrected chi connectivity index (χ2v) is 10.9. The third-order valence-electron chi connectivity index (χ3n) is 7.07. The lowest BCUT2D eigenvalue weighted by atomic mass is 9.87. The van der Waals surface area contributed by atoms with Crippen LogP contribution in [0.2, 0.25) is 10.0 Å². The number of hydrogen-bond acceptors (Lipinski definition) is 4. The number of aliphatic hydroxyl groups excluding tert-OH is 1. The Morgan fingerprint density at radius 1 is 0.850 bits per heavy atom. The fourth-order valence-electron chi connectivity index (χ4n) is 5.05. The topological polar surface area (TPSA) is 64.7 Å². The largest absolute Gasteiger partial charge is 0.490 e. The van der Waals surface area contributed by atoms with Gasteiger partial charge in [-0.3, -0.25) is 0 Å². The minimum Gasteiger partial charge on any atom is -0.490 e. The lowest BCUT2D eigenvalue weighted by Gasteiger charge is -2.20. The quantitative estimate of drug-likeness (QED) is 0.158. The monoisotopic (exact) mass is 577 g/mol. The van der Waals surface area contributed by atoms with Gasteiger partial charge in [0.25, 0.3) is 0 Å². The Kier molecular flexibility index (Phi) is 10.9. The van der Waals surface area contributed by atoms with Gasteiger partial charge in [-0.15, -0.1) is 0 Å². The van der Waals surface area contributed by atoms with Crippen molar-refractivity contribution in [2.75, 3.05) is 26.4 Å². The van der Waals surface area contributed by atoms with Crippen molar-refractivity contribution >= 4 is 23.2 Å². The van der Waals surface area contributed by atoms with Gasteiger partial charge in [0, 0.05) is 12.5 Å². The van der Waals surface area contributed by atoms with Gasteiger partial charge >= 0.3 is 0 Å². The molecule has 0 aliphatic carbocycles. The zero-order valence-corrected chi connectivity index (χ0v) is 24.6. The number of aryl methyl sites for hydroxylation is 3. The van der Waals surface area contributed by atoms with E-state index >= 15 is 0 Å². The fourth-order valence-corrected chi connectivity index (χ4v) is 5.75. The summed E-state index contributed by atoms with van der Waals surface area (Å²) in [6.45, 7) is 5.57. The molecule has 0 spiro atoms. The van der Waals surface area contributed by atoms with Crippen LogP contribution in [0.4, 0.5) is 0 Å². The third-order valence-corrected chi connectivity index (χ3v) is 7.63. The van der Waals surface area contributed by atoms with Crippen LogP contribution in [-0.2, 0) is 12.8 Å². The first-order valence-electron chi connectivity index (χ1n) is 13.7. The Morgan fingerprint density at radius 2 is 1.55 bits per heavy atom. The smallest absolute Gasteiger partial charge is 0.156 e. The van der Waals surface area contributed by atoms with Crippen molar-refractivity contribution in [2.24, 2.45) is 5.73 Å². The van der Waals surface area contributed by atoms with Gasteiger partial charge in [-0.1, -0.05) is 77.8 Å². The predicted octanol–water partition coefficient (Wildman–Crippen LogP) is 7.94. The summed E-state index contributed by atoms with van der Waals surface area (Å²) < 4.78 is 11.6. The summed E-state index contributed by atoms with van der Waals surface area (Å²) in [6, 6.07) is 26.9. The van der Waals surface area contributed by atoms with Crippen LogP contribution in [0.1, 0.15) is 40.2 Å². The average Bonchev–Trinajstić information content (AvgIpc) is 2.95. The van der Waals surface area contributed by atoms with Crippen LogP contribution in [0.3, 0.4) is 0 Å². The average molecular weight is 579 g/mol. The first-order valence-corrected chi connectivity index (χ1v) is 14.4. The summed E-state index contributed by atoms with van der Waals surface area (Å²) in [5.74, 6) is 1.47. The lowest BCUT2D eigenvalue weighted by molar-refractivity contribution is 0.217. The van der Waals surface area contributed by atoms with E-state index in [2.05, 4.69) is 61.5 Å². The van der Waals surface area contributed by atoms with Crippen molar-refractivity contribution in [2.45, 2.75) is 39.0 Å². The van der Waals surface area contributed by atoms with Crippen molar-refractivity contribution in [3.63, 3.8) is 0 Å². The van der Waals surface area contributed by atoms with Crippen LogP contribution in [0.15, 0.2) is 78.9 Å². The molecule has 6 heteroatoms. The summed E-state index contributed by atoms with van der Waals surface area (Å²) in [5, 5.41) is 10.3. The molecule has 0 saturated carbocycles. The molecule has 0 amide bonds. The van der Waals surface area contributed by atoms with E-state index in [0.29, 0.717) is 35.6 Å². The Labute approximate surface area is 247 Å². The normalized spacial score (nSPS) is 11.8. The standard InChI is InChI=1S/C34H37Cl2NO3/c1-23-18-32(35)34(33(36)19-23)40-17-16-39-29-12-9-25(10-13-29)21-28(22-37)30-14-11-27(20-24(30)2)31-8-4-3-6-26(31)7-5-15-38/h3-4,6,8-14,18-20,28,38H,5,7,15-17,21-22,37H2,1-2H3. The Balaban J connectivity index is 1.35. The summed E-state index contributed by atoms with van der Waals surface area (Å²) in [6.07, 6.45) is 2.47. The number of rotatable bonds is 13. The maximum Gasteiger partial charge on any atom is 0.156 e. The first kappa shape index (κ1) is 30.0. The zero-order valence-electron chi connectivity index (χ0n) is 23.1. The van der Waals surface area contributed by atoms with Crippen LogP contribution < -0.4 is 15.2 Å². The van der Waals surface area contributed by atoms with Crippen molar-refractivity contribution in [1.29, 1.82) is 0 Å². The summed E-state index contributed by atoms with van der Waals surface area (Å²) >= 11 is 12.5. The molecule has 4 aromatic carbocycles. The summed E-state index contributed by atoms with van der Waals surface area (Å²) in [5.41, 5.74) is 14.6. The van der Waals surface area contributed by atoms with Crippen LogP contribution in [0.25, 0.3) is 11.1 Å². The highest BCUT2D eigenvalue weighted by atomic mass is 35.5. The third kappa shape index (κ3) is 7.80. The molecule has 0 aromatic heterocycles. The molecule has 0 aliphatic rings. The number of benzene rings is 4. The SMILES string of the molecule is Cc1cc(Cl)c(OCCOc2ccc(CC(CN)c3ccc(-c4ccccc4CCCO)cc3C)cc2)c(Cl)c1. The molecule has 40 heavy (non-hydrogen) atoms. The molecule has 1 unspecified atom stereocenters. The van der Waals surface area contributed by atoms with Gasteiger partial charge in [0.15, 0.2) is 5.75 Å². The molecule has 0 radical (unpaired) electrons. The van der Waals surface area contributed by atoms with Gasteiger partial charge < -0.3 is 20.3 Å². The van der Waals surface area contributed by atoms with Gasteiger partial charge in [-0.05, 0) is 103 Å². The van der Waals surface area contributed by atoms with Gasteiger partial charge in [0.2, 0.25) is 0 Å². The molecule has 0 aliphatic heterocycles. The molecule has 3 N–H and O–H groups in total. The van der Waals surface area contributed by atoms with Crippen molar-refractivity contribution in [1.82, 2.24) is 0 Å². The maximum absolute atomic E-state index is 9.27. The highest BCUT2D eigenvalue weighted by molar-refractivity contribution is 6.37. The molecular formula is C34H37Cl2NO3. The van der Waals surface area contributed by atoms with E-state index in [0.717, 1.165) is 30.6 Å². The Hall–Kier alpha value is -3.02. The van der Waals surface area contributed by atoms with E-state index in [4.69, 9.17) is 38.4 Å². The fraction of sp³-hybridized carbons (Fsp3) is 0.294. The Morgan fingerprint density at radius 3 is 2.23 bits per heavy atom. The second-order valence-electron chi connectivity index (χ2n) is 10.1. The minimum absolute atomic E-state index is 0.199. The molecule has 4 nitrogen and oxygen atoms in total. The molecule has 0 fully saturated rings. The van der Waals surface area contributed by atoms with E-state index in [1.54, 1.807) is 0 Å². The Bertz CT molecular complexity index is 1380. The van der Waals surface area contributed by atoms with Crippen LogP contribution in [-0.4, -0.2) is 31.5 Å². The molecule has 0 saturated heterocycles. The van der Waals surface area contributed by atoms with E-state index in [1.165, 1.54) is 33.4 Å². The molecule has 4 rings (SSSR count). The van der Waals surface area contributed by atoms with Crippen molar-refractivity contribution < 1.29 is 14.6 Å². The lowest BCUT2D eigenvalue weighted by Crippen LogP contribution is -2.16. The minimum atomic E-state index is 0.199. The van der Waals surface area contributed by atoms with Crippen LogP contribution >= 0.6 is 23.2 Å². The number of halogens is 2. The molecule has 0 heterocycles. The van der Waals surface area contributed by atoms with Crippen LogP contribution in [0.5, 0.6) is 11.5 Å². The van der Waals surface area contributed by atoms with E-state index < -0.39 is 0 Å². The van der Waals surface area contributed by atoms with Gasteiger partial charge in [0.05, 0.1) is 10.0 Å². The number of hydrogen-bond donors (Lipinski definition) is 2. The van der Waals surface area contributed by atoms with Crippen molar-refractivity contribution in [3.05, 3.63) is 117 Å². The van der Waals surface area contributed by atoms with E-state index in [-0.39, 0.29) is 12.5 Å². The first-order chi connectivity index (χ1) is 19.4. The molecule has 1 atom stereocenters.